The number of likely N-dealkylation sites (N-methyl/N-ethyl adjacent to an activating group) is 1. The highest BCUT2D eigenvalue weighted by atomic mass is 16.5. The number of carbonyl (C=O) groups is 1. The summed E-state index contributed by atoms with van der Waals surface area (Å²) in [5.41, 5.74) is 2.96. The van der Waals surface area contributed by atoms with Crippen molar-refractivity contribution in [1.82, 2.24) is 15.3 Å². The lowest BCUT2D eigenvalue weighted by molar-refractivity contribution is -0.131. The Kier molecular flexibility index (Phi) is 3.62. The number of nitrogens with one attached hydrogen (secondary N) is 2. The second-order valence-electron chi connectivity index (χ2n) is 4.22. The average Bonchev–Trinajstić information content (AvgIpc) is 2.74. The summed E-state index contributed by atoms with van der Waals surface area (Å²) in [5, 5.41) is 4.06. The Morgan fingerprint density at radius 2 is 2.33 bits per heavy atom. The summed E-state index contributed by atoms with van der Waals surface area (Å²) in [6.45, 7) is 4.19. The van der Waals surface area contributed by atoms with Gasteiger partial charge in [-0.15, -0.1) is 0 Å². The molecular weight excluding hydrogens is 230 g/mol. The van der Waals surface area contributed by atoms with Crippen molar-refractivity contribution in [3.8, 4) is 5.75 Å². The molecule has 18 heavy (non-hydrogen) atoms. The monoisotopic (exact) mass is 247 g/mol. The number of carbonyl (C=O) groups excluding carboxylic acids is 1. The molecule has 0 saturated carbocycles. The van der Waals surface area contributed by atoms with E-state index in [9.17, 15) is 4.79 Å². The van der Waals surface area contributed by atoms with E-state index in [2.05, 4.69) is 15.3 Å². The third-order valence-electron chi connectivity index (χ3n) is 2.84. The van der Waals surface area contributed by atoms with E-state index in [-0.39, 0.29) is 5.97 Å². The molecule has 0 spiro atoms. The Morgan fingerprint density at radius 1 is 1.56 bits per heavy atom. The fourth-order valence-corrected chi connectivity index (χ4v) is 2.00. The zero-order valence-electron chi connectivity index (χ0n) is 10.8. The Labute approximate surface area is 106 Å². The Hall–Kier alpha value is -1.88. The molecule has 0 atom stereocenters. The molecule has 0 aliphatic carbocycles. The highest BCUT2D eigenvalue weighted by Crippen LogP contribution is 2.30. The Morgan fingerprint density at radius 3 is 3.00 bits per heavy atom. The molecule has 0 fully saturated rings. The van der Waals surface area contributed by atoms with Crippen molar-refractivity contribution in [2.45, 2.75) is 20.3 Å². The fourth-order valence-electron chi connectivity index (χ4n) is 2.00. The second kappa shape index (κ2) is 5.18. The number of hydrogen-bond acceptors (Lipinski definition) is 4. The molecule has 0 aliphatic rings. The van der Waals surface area contributed by atoms with Gasteiger partial charge < -0.3 is 15.0 Å². The van der Waals surface area contributed by atoms with Gasteiger partial charge in [-0.3, -0.25) is 9.78 Å². The van der Waals surface area contributed by atoms with Crippen LogP contribution in [0, 0.1) is 6.92 Å². The third kappa shape index (κ3) is 2.36. The Balaban J connectivity index is 2.52. The van der Waals surface area contributed by atoms with E-state index < -0.39 is 0 Å². The minimum absolute atomic E-state index is 0.331. The number of aromatic nitrogens is 2. The molecule has 5 nitrogen and oxygen atoms in total. The van der Waals surface area contributed by atoms with Gasteiger partial charge in [-0.1, -0.05) is 0 Å². The minimum Gasteiger partial charge on any atom is -0.424 e. The molecular formula is C13H17N3O2. The number of ether oxygens (including phenoxy) is 1. The molecule has 0 saturated heterocycles. The summed E-state index contributed by atoms with van der Waals surface area (Å²) >= 11 is 0. The van der Waals surface area contributed by atoms with E-state index in [1.165, 1.54) is 6.92 Å². The Bertz CT molecular complexity index is 575. The SMILES string of the molecule is CNCCc1c[nH]c2c(C)ncc(OC(C)=O)c12. The smallest absolute Gasteiger partial charge is 0.308 e. The summed E-state index contributed by atoms with van der Waals surface area (Å²) in [6.07, 6.45) is 4.42. The quantitative estimate of drug-likeness (QED) is 0.805. The molecule has 0 radical (unpaired) electrons. The first-order chi connectivity index (χ1) is 8.63. The van der Waals surface area contributed by atoms with Crippen molar-refractivity contribution in [3.05, 3.63) is 23.7 Å². The molecule has 0 amide bonds. The van der Waals surface area contributed by atoms with E-state index in [0.717, 1.165) is 35.1 Å². The second-order valence-corrected chi connectivity index (χ2v) is 4.22. The molecule has 2 rings (SSSR count). The van der Waals surface area contributed by atoms with Gasteiger partial charge in [-0.05, 0) is 32.5 Å². The highest BCUT2D eigenvalue weighted by Gasteiger charge is 2.13. The maximum Gasteiger partial charge on any atom is 0.308 e. The predicted molar refractivity (Wildman–Crippen MR) is 69.8 cm³/mol. The van der Waals surface area contributed by atoms with Crippen LogP contribution in [0.25, 0.3) is 10.9 Å². The van der Waals surface area contributed by atoms with Gasteiger partial charge in [0.15, 0.2) is 5.75 Å². The van der Waals surface area contributed by atoms with Gasteiger partial charge in [0.25, 0.3) is 0 Å². The van der Waals surface area contributed by atoms with Crippen LogP contribution in [-0.4, -0.2) is 29.5 Å². The van der Waals surface area contributed by atoms with Crippen LogP contribution in [0.2, 0.25) is 0 Å². The number of esters is 1. The van der Waals surface area contributed by atoms with E-state index in [1.54, 1.807) is 6.20 Å². The molecule has 5 heteroatoms. The van der Waals surface area contributed by atoms with Crippen molar-refractivity contribution >= 4 is 16.9 Å². The van der Waals surface area contributed by atoms with Gasteiger partial charge in [-0.25, -0.2) is 0 Å². The largest absolute Gasteiger partial charge is 0.424 e. The summed E-state index contributed by atoms with van der Waals surface area (Å²) in [5.74, 6) is 0.193. The van der Waals surface area contributed by atoms with Crippen LogP contribution >= 0.6 is 0 Å². The van der Waals surface area contributed by atoms with Crippen molar-refractivity contribution in [2.24, 2.45) is 0 Å². The van der Waals surface area contributed by atoms with Crippen LogP contribution < -0.4 is 10.1 Å². The van der Waals surface area contributed by atoms with Crippen molar-refractivity contribution in [3.63, 3.8) is 0 Å². The van der Waals surface area contributed by atoms with Crippen LogP contribution in [-0.2, 0) is 11.2 Å². The molecule has 2 aromatic heterocycles. The van der Waals surface area contributed by atoms with Crippen molar-refractivity contribution in [2.75, 3.05) is 13.6 Å². The van der Waals surface area contributed by atoms with Crippen molar-refractivity contribution in [1.29, 1.82) is 0 Å². The standard InChI is InChI=1S/C13H17N3O2/c1-8-13-12(10(6-16-13)4-5-14-3)11(7-15-8)18-9(2)17/h6-7,14,16H,4-5H2,1-3H3. The lowest BCUT2D eigenvalue weighted by atomic mass is 10.1. The normalized spacial score (nSPS) is 10.8. The molecule has 96 valence electrons. The zero-order valence-corrected chi connectivity index (χ0v) is 10.8. The topological polar surface area (TPSA) is 67.0 Å². The summed E-state index contributed by atoms with van der Waals surface area (Å²) < 4.78 is 5.22. The molecule has 0 aliphatic heterocycles. The maximum absolute atomic E-state index is 11.1. The van der Waals surface area contributed by atoms with Gasteiger partial charge in [0.1, 0.15) is 0 Å². The fraction of sp³-hybridized carbons (Fsp3) is 0.385. The maximum atomic E-state index is 11.1. The minimum atomic E-state index is -0.331. The molecule has 0 unspecified atom stereocenters. The third-order valence-corrected chi connectivity index (χ3v) is 2.84. The number of nitrogens with zero attached hydrogens (tertiary/aromatic N) is 1. The lowest BCUT2D eigenvalue weighted by Crippen LogP contribution is -2.10. The first-order valence-electron chi connectivity index (χ1n) is 5.92. The number of hydrogen-bond donors (Lipinski definition) is 2. The number of aryl methyl sites for hydroxylation is 1. The van der Waals surface area contributed by atoms with Gasteiger partial charge in [0.2, 0.25) is 0 Å². The number of H-pyrrole nitrogens is 1. The van der Waals surface area contributed by atoms with Crippen LogP contribution in [0.3, 0.4) is 0 Å². The number of aromatic amines is 1. The number of fused-ring (bicyclic) bond motifs is 1. The number of rotatable bonds is 4. The summed E-state index contributed by atoms with van der Waals surface area (Å²) in [7, 11) is 1.91. The van der Waals surface area contributed by atoms with Crippen LogP contribution in [0.1, 0.15) is 18.2 Å². The predicted octanol–water partition coefficient (Wildman–Crippen LogP) is 1.56. The summed E-state index contributed by atoms with van der Waals surface area (Å²) in [4.78, 5) is 18.5. The molecule has 2 heterocycles. The van der Waals surface area contributed by atoms with E-state index >= 15 is 0 Å². The van der Waals surface area contributed by atoms with Crippen molar-refractivity contribution < 1.29 is 9.53 Å². The first kappa shape index (κ1) is 12.6. The molecule has 0 aromatic carbocycles. The van der Waals surface area contributed by atoms with E-state index in [0.29, 0.717) is 5.75 Å². The highest BCUT2D eigenvalue weighted by molar-refractivity contribution is 5.92. The van der Waals surface area contributed by atoms with Gasteiger partial charge >= 0.3 is 5.97 Å². The molecule has 2 N–H and O–H groups in total. The molecule has 0 bridgehead atoms. The van der Waals surface area contributed by atoms with Crippen LogP contribution in [0.5, 0.6) is 5.75 Å². The zero-order chi connectivity index (χ0) is 13.1. The van der Waals surface area contributed by atoms with Crippen LogP contribution in [0.15, 0.2) is 12.4 Å². The summed E-state index contributed by atoms with van der Waals surface area (Å²) in [6, 6.07) is 0. The van der Waals surface area contributed by atoms with E-state index in [4.69, 9.17) is 4.74 Å². The van der Waals surface area contributed by atoms with Gasteiger partial charge in [-0.2, -0.15) is 0 Å². The molecule has 2 aromatic rings. The van der Waals surface area contributed by atoms with Crippen LogP contribution in [0.4, 0.5) is 0 Å². The van der Waals surface area contributed by atoms with E-state index in [1.807, 2.05) is 20.2 Å². The van der Waals surface area contributed by atoms with Gasteiger partial charge in [0.05, 0.1) is 17.4 Å². The van der Waals surface area contributed by atoms with Gasteiger partial charge in [0, 0.05) is 18.5 Å². The first-order valence-corrected chi connectivity index (χ1v) is 5.92. The number of pyridine rings is 1. The lowest BCUT2D eigenvalue weighted by Gasteiger charge is -2.06. The average molecular weight is 247 g/mol.